The van der Waals surface area contributed by atoms with E-state index in [0.717, 1.165) is 35.9 Å². The number of fused-ring (bicyclic) bond motifs is 6. The molecule has 33 heavy (non-hydrogen) atoms. The fourth-order valence-electron chi connectivity index (χ4n) is 7.88. The molecule has 2 aromatic rings. The van der Waals surface area contributed by atoms with Crippen LogP contribution in [0, 0.1) is 17.3 Å². The van der Waals surface area contributed by atoms with Crippen molar-refractivity contribution in [2.24, 2.45) is 23.0 Å². The number of phenolic OH excluding ortho intramolecular Hbond substituents is 1. The van der Waals surface area contributed by atoms with E-state index in [4.69, 9.17) is 10.5 Å². The van der Waals surface area contributed by atoms with Crippen molar-refractivity contribution in [2.75, 3.05) is 0 Å². The minimum absolute atomic E-state index is 0.00578. The van der Waals surface area contributed by atoms with Crippen LogP contribution >= 0.6 is 0 Å². The first-order valence-electron chi connectivity index (χ1n) is 12.6. The van der Waals surface area contributed by atoms with E-state index in [-0.39, 0.29) is 32.0 Å². The molecule has 174 valence electrons. The van der Waals surface area contributed by atoms with Gasteiger partial charge >= 0.3 is 204 Å². The number of phenols is 1. The van der Waals surface area contributed by atoms with Crippen molar-refractivity contribution in [2.45, 2.75) is 75.9 Å². The van der Waals surface area contributed by atoms with Crippen LogP contribution in [0.5, 0.6) is 5.75 Å². The molecule has 4 heteroatoms. The summed E-state index contributed by atoms with van der Waals surface area (Å²) in [4.78, 5) is 0. The monoisotopic (exact) mass is 509 g/mol. The van der Waals surface area contributed by atoms with Gasteiger partial charge in [-0.2, -0.15) is 0 Å². The summed E-state index contributed by atoms with van der Waals surface area (Å²) in [6.07, 6.45) is 9.23. The van der Waals surface area contributed by atoms with Crippen LogP contribution in [0.2, 0.25) is 0 Å². The van der Waals surface area contributed by atoms with Gasteiger partial charge in [-0.3, -0.25) is 0 Å². The molecular weight excluding hydrogens is 473 g/mol. The molecule has 2 saturated carbocycles. The van der Waals surface area contributed by atoms with E-state index < -0.39 is 0 Å². The molecule has 5 unspecified atom stereocenters. The van der Waals surface area contributed by atoms with Gasteiger partial charge in [-0.25, -0.2) is 0 Å². The molecule has 1 heterocycles. The quantitative estimate of drug-likeness (QED) is 0.595. The van der Waals surface area contributed by atoms with Crippen LogP contribution in [-0.2, 0) is 11.2 Å². The molecular formula is C29H35NO2Se. The van der Waals surface area contributed by atoms with Gasteiger partial charge in [0.2, 0.25) is 0 Å². The first-order valence-corrected chi connectivity index (χ1v) is 14.3. The normalized spacial score (nSPS) is 37.2. The Balaban J connectivity index is 1.31. The number of aromatic hydroxyl groups is 1. The Bertz CT molecular complexity index is 1080. The summed E-state index contributed by atoms with van der Waals surface area (Å²) in [5.41, 5.74) is 9.29. The molecule has 0 aromatic heterocycles. The average molecular weight is 509 g/mol. The molecule has 0 amide bonds. The first-order chi connectivity index (χ1) is 15.9. The number of hydrogen-bond donors (Lipinski definition) is 2. The number of hydrogen-bond acceptors (Lipinski definition) is 3. The molecule has 0 bridgehead atoms. The van der Waals surface area contributed by atoms with Crippen LogP contribution < -0.4 is 14.7 Å². The second kappa shape index (κ2) is 7.90. The Morgan fingerprint density at radius 3 is 2.64 bits per heavy atom. The Hall–Kier alpha value is -1.74. The topological polar surface area (TPSA) is 55.5 Å². The molecule has 1 saturated heterocycles. The van der Waals surface area contributed by atoms with Crippen LogP contribution in [0.3, 0.4) is 0 Å². The number of rotatable bonds is 2. The van der Waals surface area contributed by atoms with Crippen molar-refractivity contribution in [1.82, 2.24) is 0 Å². The van der Waals surface area contributed by atoms with Gasteiger partial charge in [0.1, 0.15) is 0 Å². The molecule has 3 N–H and O–H groups in total. The van der Waals surface area contributed by atoms with Crippen molar-refractivity contribution in [1.29, 1.82) is 0 Å². The first kappa shape index (κ1) is 21.8. The molecule has 3 nitrogen and oxygen atoms in total. The molecule has 3 fully saturated rings. The Morgan fingerprint density at radius 1 is 1.06 bits per heavy atom. The summed E-state index contributed by atoms with van der Waals surface area (Å²) in [5.74, 6) is 3.32. The van der Waals surface area contributed by atoms with E-state index in [0.29, 0.717) is 23.5 Å². The molecule has 3 aliphatic carbocycles. The summed E-state index contributed by atoms with van der Waals surface area (Å²) in [6.45, 7) is 6.69. The number of nitrogens with two attached hydrogens (primary N) is 1. The Kier molecular flexibility index (Phi) is 5.21. The van der Waals surface area contributed by atoms with Crippen molar-refractivity contribution >= 4 is 23.9 Å². The van der Waals surface area contributed by atoms with Crippen molar-refractivity contribution < 1.29 is 9.84 Å². The molecule has 0 radical (unpaired) electrons. The van der Waals surface area contributed by atoms with Gasteiger partial charge in [-0.05, 0) is 0 Å². The van der Waals surface area contributed by atoms with Crippen LogP contribution in [0.15, 0.2) is 54.8 Å². The van der Waals surface area contributed by atoms with Gasteiger partial charge in [-0.15, -0.1) is 0 Å². The molecule has 6 rings (SSSR count). The van der Waals surface area contributed by atoms with Gasteiger partial charge < -0.3 is 0 Å². The zero-order valence-electron chi connectivity index (χ0n) is 19.6. The van der Waals surface area contributed by atoms with E-state index in [1.807, 2.05) is 0 Å². The standard InChI is InChI=1S/C29H35NO2Se/c1-18-25(30)12-15-29(32-18)14-11-24-22-9-8-19-16-26(31)27(33-20-6-4-3-5-7-20)17-23(19)21(22)10-13-28(24,29)2/h3-7,16-17,21-22,24-25,31H,1,8-15,30H2,2H3/t21?,22?,24?,25?,28?,29-/m1/s1. The fraction of sp³-hybridized carbons (Fsp3) is 0.517. The average Bonchev–Trinajstić information content (AvgIpc) is 3.09. The van der Waals surface area contributed by atoms with Crippen molar-refractivity contribution in [3.8, 4) is 5.75 Å². The Labute approximate surface area is 204 Å². The van der Waals surface area contributed by atoms with Crippen LogP contribution in [-0.4, -0.2) is 31.7 Å². The summed E-state index contributed by atoms with van der Waals surface area (Å²) < 4.78 is 9.06. The van der Waals surface area contributed by atoms with Crippen LogP contribution in [0.4, 0.5) is 0 Å². The van der Waals surface area contributed by atoms with Crippen molar-refractivity contribution in [3.63, 3.8) is 0 Å². The Morgan fingerprint density at radius 2 is 1.85 bits per heavy atom. The predicted octanol–water partition coefficient (Wildman–Crippen LogP) is 4.29. The molecule has 1 spiro atoms. The zero-order valence-corrected chi connectivity index (χ0v) is 21.3. The fourth-order valence-corrected chi connectivity index (χ4v) is 9.76. The predicted molar refractivity (Wildman–Crippen MR) is 134 cm³/mol. The van der Waals surface area contributed by atoms with Gasteiger partial charge in [0.05, 0.1) is 0 Å². The van der Waals surface area contributed by atoms with E-state index in [1.54, 1.807) is 0 Å². The molecule has 1 aliphatic heterocycles. The third-order valence-electron chi connectivity index (χ3n) is 9.66. The summed E-state index contributed by atoms with van der Waals surface area (Å²) in [6, 6.07) is 15.1. The molecule has 2 aromatic carbocycles. The van der Waals surface area contributed by atoms with Gasteiger partial charge in [0, 0.05) is 0 Å². The van der Waals surface area contributed by atoms with Gasteiger partial charge in [0.15, 0.2) is 0 Å². The third kappa shape index (κ3) is 3.32. The zero-order chi connectivity index (χ0) is 22.8. The van der Waals surface area contributed by atoms with Crippen LogP contribution in [0.1, 0.15) is 68.9 Å². The maximum absolute atomic E-state index is 10.8. The van der Waals surface area contributed by atoms with E-state index in [1.165, 1.54) is 41.3 Å². The molecule has 4 aliphatic rings. The second-order valence-electron chi connectivity index (χ2n) is 11.1. The van der Waals surface area contributed by atoms with Gasteiger partial charge in [-0.1, -0.05) is 0 Å². The van der Waals surface area contributed by atoms with E-state index in [9.17, 15) is 5.11 Å². The van der Waals surface area contributed by atoms with E-state index >= 15 is 0 Å². The number of ether oxygens (including phenoxy) is 1. The van der Waals surface area contributed by atoms with Gasteiger partial charge in [0.25, 0.3) is 0 Å². The summed E-state index contributed by atoms with van der Waals surface area (Å²) in [7, 11) is 0. The SMILES string of the molecule is C=C1O[C@@]2(CCC1N)CCC1C3CCc4cc(O)c([Se]c5ccccc5)cc4C3CCC12C. The number of benzene rings is 2. The molecule has 6 atom stereocenters. The van der Waals surface area contributed by atoms with E-state index in [2.05, 4.69) is 56.0 Å². The summed E-state index contributed by atoms with van der Waals surface area (Å²) in [5, 5.41) is 10.8. The third-order valence-corrected chi connectivity index (χ3v) is 11.9. The van der Waals surface area contributed by atoms with Crippen molar-refractivity contribution in [3.05, 3.63) is 65.9 Å². The van der Waals surface area contributed by atoms with Crippen LogP contribution in [0.25, 0.3) is 0 Å². The number of aryl methyl sites for hydroxylation is 1. The summed E-state index contributed by atoms with van der Waals surface area (Å²) >= 11 is 0.128. The second-order valence-corrected chi connectivity index (χ2v) is 13.4. The maximum atomic E-state index is 10.8. The minimum atomic E-state index is -0.0631.